The number of nitrogens with zero attached hydrogens (tertiary/aromatic N) is 4. The van der Waals surface area contributed by atoms with Crippen LogP contribution < -0.4 is 4.90 Å². The first-order valence-corrected chi connectivity index (χ1v) is 6.39. The highest BCUT2D eigenvalue weighted by molar-refractivity contribution is 5.69. The van der Waals surface area contributed by atoms with Crippen molar-refractivity contribution >= 4 is 17.1 Å². The van der Waals surface area contributed by atoms with Gasteiger partial charge in [-0.25, -0.2) is 9.97 Å². The third-order valence-corrected chi connectivity index (χ3v) is 3.27. The van der Waals surface area contributed by atoms with Crippen LogP contribution in [0.1, 0.15) is 19.8 Å². The minimum Gasteiger partial charge on any atom is -0.377 e. The zero-order valence-corrected chi connectivity index (χ0v) is 10.5. The van der Waals surface area contributed by atoms with Crippen LogP contribution in [-0.4, -0.2) is 45.7 Å². The number of anilines is 1. The fraction of sp³-hybridized carbons (Fsp3) is 0.583. The highest BCUT2D eigenvalue weighted by atomic mass is 16.5. The van der Waals surface area contributed by atoms with E-state index in [-0.39, 0.29) is 0 Å². The van der Waals surface area contributed by atoms with Crippen molar-refractivity contribution in [3.8, 4) is 0 Å². The summed E-state index contributed by atoms with van der Waals surface area (Å²) in [5.41, 5.74) is 1.60. The molecule has 0 unspecified atom stereocenters. The van der Waals surface area contributed by atoms with E-state index in [2.05, 4.69) is 31.8 Å². The largest absolute Gasteiger partial charge is 0.377 e. The molecule has 3 heterocycles. The summed E-state index contributed by atoms with van der Waals surface area (Å²) < 4.78 is 5.54. The van der Waals surface area contributed by atoms with Gasteiger partial charge in [-0.3, -0.25) is 0 Å². The van der Waals surface area contributed by atoms with Gasteiger partial charge in [-0.05, 0) is 6.42 Å². The molecule has 6 nitrogen and oxygen atoms in total. The second kappa shape index (κ2) is 4.89. The maximum Gasteiger partial charge on any atom is 0.227 e. The lowest BCUT2D eigenvalue weighted by molar-refractivity contribution is 0.0905. The predicted octanol–water partition coefficient (Wildman–Crippen LogP) is 1.36. The molecule has 0 aliphatic carbocycles. The minimum atomic E-state index is 0.375. The Morgan fingerprint density at radius 2 is 2.44 bits per heavy atom. The van der Waals surface area contributed by atoms with E-state index in [0.717, 1.165) is 49.7 Å². The maximum atomic E-state index is 5.54. The van der Waals surface area contributed by atoms with Crippen molar-refractivity contribution < 1.29 is 4.74 Å². The third kappa shape index (κ3) is 2.03. The van der Waals surface area contributed by atoms with Gasteiger partial charge in [0.2, 0.25) is 5.95 Å². The minimum absolute atomic E-state index is 0.375. The molecule has 0 saturated carbocycles. The number of hydrogen-bond acceptors (Lipinski definition) is 5. The zero-order valence-electron chi connectivity index (χ0n) is 10.5. The Hall–Kier alpha value is -1.69. The summed E-state index contributed by atoms with van der Waals surface area (Å²) in [5.74, 6) is 0.761. The van der Waals surface area contributed by atoms with Crippen LogP contribution in [0.2, 0.25) is 0 Å². The fourth-order valence-corrected chi connectivity index (χ4v) is 2.36. The summed E-state index contributed by atoms with van der Waals surface area (Å²) in [5, 5.41) is 0. The lowest BCUT2D eigenvalue weighted by atomic mass is 10.1. The standard InChI is InChI=1S/C12H17N5O/c1-2-3-9-7-18-5-4-17(9)12-13-6-10-11(16-12)15-8-14-10/h6,8-9H,2-5,7H2,1H3,(H,13,14,15,16)/t9-/m1/s1. The van der Waals surface area contributed by atoms with E-state index in [9.17, 15) is 0 Å². The van der Waals surface area contributed by atoms with E-state index in [1.807, 2.05) is 0 Å². The van der Waals surface area contributed by atoms with Crippen LogP contribution in [0.4, 0.5) is 5.95 Å². The molecule has 1 atom stereocenters. The molecule has 1 aliphatic heterocycles. The number of morpholine rings is 1. The first kappa shape index (κ1) is 11.4. The second-order valence-corrected chi connectivity index (χ2v) is 4.52. The monoisotopic (exact) mass is 247 g/mol. The van der Waals surface area contributed by atoms with Crippen LogP contribution in [0.15, 0.2) is 12.5 Å². The molecule has 0 aromatic carbocycles. The van der Waals surface area contributed by atoms with Crippen molar-refractivity contribution in [3.63, 3.8) is 0 Å². The summed E-state index contributed by atoms with van der Waals surface area (Å²) in [4.78, 5) is 18.4. The van der Waals surface area contributed by atoms with Crippen LogP contribution in [0.3, 0.4) is 0 Å². The molecule has 0 radical (unpaired) electrons. The number of H-pyrrole nitrogens is 1. The molecule has 3 rings (SSSR count). The molecule has 2 aromatic heterocycles. The summed E-state index contributed by atoms with van der Waals surface area (Å²) in [6.07, 6.45) is 5.67. The van der Waals surface area contributed by atoms with Crippen LogP contribution in [0.25, 0.3) is 11.2 Å². The Bertz CT molecular complexity index is 524. The lowest BCUT2D eigenvalue weighted by Gasteiger charge is -2.35. The molecule has 1 fully saturated rings. The SMILES string of the molecule is CCC[C@@H]1COCCN1c1ncc2[nH]cnc2n1. The normalized spacial score (nSPS) is 20.5. The van der Waals surface area contributed by atoms with Gasteiger partial charge in [0.05, 0.1) is 31.8 Å². The third-order valence-electron chi connectivity index (χ3n) is 3.27. The van der Waals surface area contributed by atoms with E-state index in [4.69, 9.17) is 4.74 Å². The van der Waals surface area contributed by atoms with Crippen molar-refractivity contribution in [1.29, 1.82) is 0 Å². The van der Waals surface area contributed by atoms with E-state index in [1.54, 1.807) is 12.5 Å². The molecule has 1 N–H and O–H groups in total. The van der Waals surface area contributed by atoms with Gasteiger partial charge in [-0.15, -0.1) is 0 Å². The summed E-state index contributed by atoms with van der Waals surface area (Å²) in [6, 6.07) is 0.375. The van der Waals surface area contributed by atoms with Crippen molar-refractivity contribution in [2.24, 2.45) is 0 Å². The fourth-order valence-electron chi connectivity index (χ4n) is 2.36. The lowest BCUT2D eigenvalue weighted by Crippen LogP contribution is -2.46. The summed E-state index contributed by atoms with van der Waals surface area (Å²) in [6.45, 7) is 4.53. The number of fused-ring (bicyclic) bond motifs is 1. The average Bonchev–Trinajstić information content (AvgIpc) is 2.87. The first-order chi connectivity index (χ1) is 8.88. The predicted molar refractivity (Wildman–Crippen MR) is 68.5 cm³/mol. The molecule has 0 amide bonds. The highest BCUT2D eigenvalue weighted by Crippen LogP contribution is 2.19. The first-order valence-electron chi connectivity index (χ1n) is 6.39. The average molecular weight is 247 g/mol. The number of imidazole rings is 1. The van der Waals surface area contributed by atoms with Crippen LogP contribution in [0.5, 0.6) is 0 Å². The Balaban J connectivity index is 1.90. The number of ether oxygens (including phenoxy) is 1. The zero-order chi connectivity index (χ0) is 12.4. The maximum absolute atomic E-state index is 5.54. The van der Waals surface area contributed by atoms with Gasteiger partial charge in [0.1, 0.15) is 5.52 Å². The number of aromatic nitrogens is 4. The Morgan fingerprint density at radius 1 is 1.50 bits per heavy atom. The molecule has 1 saturated heterocycles. The van der Waals surface area contributed by atoms with Gasteiger partial charge in [0.15, 0.2) is 5.65 Å². The van der Waals surface area contributed by atoms with Crippen LogP contribution in [0, 0.1) is 0 Å². The molecule has 96 valence electrons. The van der Waals surface area contributed by atoms with Gasteiger partial charge in [0.25, 0.3) is 0 Å². The molecule has 1 aliphatic rings. The van der Waals surface area contributed by atoms with Gasteiger partial charge in [-0.2, -0.15) is 4.98 Å². The van der Waals surface area contributed by atoms with E-state index < -0.39 is 0 Å². The second-order valence-electron chi connectivity index (χ2n) is 4.52. The topological polar surface area (TPSA) is 66.9 Å². The smallest absolute Gasteiger partial charge is 0.227 e. The quantitative estimate of drug-likeness (QED) is 0.887. The summed E-state index contributed by atoms with van der Waals surface area (Å²) in [7, 11) is 0. The van der Waals surface area contributed by atoms with Crippen molar-refractivity contribution in [1.82, 2.24) is 19.9 Å². The van der Waals surface area contributed by atoms with Gasteiger partial charge in [-0.1, -0.05) is 13.3 Å². The molecule has 0 spiro atoms. The molecular formula is C12H17N5O. The van der Waals surface area contributed by atoms with Gasteiger partial charge >= 0.3 is 0 Å². The molecule has 2 aromatic rings. The number of hydrogen-bond donors (Lipinski definition) is 1. The molecule has 18 heavy (non-hydrogen) atoms. The number of aromatic amines is 1. The Labute approximate surface area is 105 Å². The van der Waals surface area contributed by atoms with Crippen molar-refractivity contribution in [3.05, 3.63) is 12.5 Å². The Kier molecular flexibility index (Phi) is 3.10. The van der Waals surface area contributed by atoms with Gasteiger partial charge < -0.3 is 14.6 Å². The van der Waals surface area contributed by atoms with Gasteiger partial charge in [0, 0.05) is 6.54 Å². The Morgan fingerprint density at radius 3 is 3.33 bits per heavy atom. The van der Waals surface area contributed by atoms with Crippen molar-refractivity contribution in [2.45, 2.75) is 25.8 Å². The number of rotatable bonds is 3. The highest BCUT2D eigenvalue weighted by Gasteiger charge is 2.24. The van der Waals surface area contributed by atoms with Crippen molar-refractivity contribution in [2.75, 3.05) is 24.7 Å². The summed E-state index contributed by atoms with van der Waals surface area (Å²) >= 11 is 0. The van der Waals surface area contributed by atoms with E-state index in [1.165, 1.54) is 0 Å². The molecule has 6 heteroatoms. The van der Waals surface area contributed by atoms with E-state index in [0.29, 0.717) is 6.04 Å². The van der Waals surface area contributed by atoms with E-state index >= 15 is 0 Å². The molecule has 0 bridgehead atoms. The van der Waals surface area contributed by atoms with Crippen LogP contribution in [-0.2, 0) is 4.74 Å². The number of nitrogens with one attached hydrogen (secondary N) is 1. The van der Waals surface area contributed by atoms with Crippen LogP contribution >= 0.6 is 0 Å². The molecular weight excluding hydrogens is 230 g/mol.